The van der Waals surface area contributed by atoms with Crippen LogP contribution >= 0.6 is 0 Å². The van der Waals surface area contributed by atoms with Gasteiger partial charge in [0.25, 0.3) is 0 Å². The molecular formula is C2HBF6O3. The number of rotatable bonds is 3. The fourth-order valence-electron chi connectivity index (χ4n) is 0.212. The summed E-state index contributed by atoms with van der Waals surface area (Å²) in [7, 11) is -3.28. The van der Waals surface area contributed by atoms with Gasteiger partial charge in [0.2, 0.25) is 0 Å². The Morgan fingerprint density at radius 2 is 1.50 bits per heavy atom. The first kappa shape index (κ1) is 11.5. The molecule has 1 N–H and O–H groups in total. The molecule has 0 fully saturated rings. The summed E-state index contributed by atoms with van der Waals surface area (Å²) in [5.41, 5.74) is 0. The summed E-state index contributed by atoms with van der Waals surface area (Å²) in [6, 6.07) is 0. The predicted molar refractivity (Wildman–Crippen MR) is 22.3 cm³/mol. The van der Waals surface area contributed by atoms with Gasteiger partial charge < -0.3 is 9.68 Å². The van der Waals surface area contributed by atoms with Crippen molar-refractivity contribution in [2.75, 3.05) is 0 Å². The SMILES string of the molecule is OB(OF)OC(F)(F)C(F)(F)F. The zero-order valence-corrected chi connectivity index (χ0v) is 5.11. The van der Waals surface area contributed by atoms with Crippen LogP contribution in [-0.2, 0) is 9.51 Å². The van der Waals surface area contributed by atoms with E-state index in [2.05, 4.69) is 9.51 Å². The molecule has 72 valence electrons. The Hall–Kier alpha value is -0.475. The van der Waals surface area contributed by atoms with Crippen molar-refractivity contribution in [3.05, 3.63) is 0 Å². The van der Waals surface area contributed by atoms with Crippen LogP contribution in [-0.4, -0.2) is 24.6 Å². The van der Waals surface area contributed by atoms with E-state index < -0.39 is 19.6 Å². The van der Waals surface area contributed by atoms with Crippen LogP contribution in [0.25, 0.3) is 0 Å². The Kier molecular flexibility index (Phi) is 3.36. The predicted octanol–water partition coefficient (Wildman–Crippen LogP) is 1.04. The van der Waals surface area contributed by atoms with Crippen molar-refractivity contribution in [3.8, 4) is 0 Å². The van der Waals surface area contributed by atoms with E-state index in [-0.39, 0.29) is 0 Å². The minimum Gasteiger partial charge on any atom is -0.400 e. The number of halogens is 6. The first-order valence-electron chi connectivity index (χ1n) is 2.28. The van der Waals surface area contributed by atoms with Crippen LogP contribution in [0, 0.1) is 0 Å². The average molecular weight is 198 g/mol. The van der Waals surface area contributed by atoms with Gasteiger partial charge in [0, 0.05) is 0 Å². The van der Waals surface area contributed by atoms with Crippen LogP contribution in [0.5, 0.6) is 0 Å². The van der Waals surface area contributed by atoms with Gasteiger partial charge >= 0.3 is 19.6 Å². The molecule has 0 aliphatic carbocycles. The smallest absolute Gasteiger partial charge is 0.400 e. The highest BCUT2D eigenvalue weighted by Crippen LogP contribution is 2.36. The lowest BCUT2D eigenvalue weighted by molar-refractivity contribution is -0.372. The maximum atomic E-state index is 11.6. The topological polar surface area (TPSA) is 38.7 Å². The van der Waals surface area contributed by atoms with Crippen molar-refractivity contribution >= 4 is 7.32 Å². The molecule has 3 nitrogen and oxygen atoms in total. The molecule has 0 saturated carbocycles. The van der Waals surface area contributed by atoms with E-state index in [0.717, 1.165) is 0 Å². The highest BCUT2D eigenvalue weighted by atomic mass is 19.4. The van der Waals surface area contributed by atoms with Crippen LogP contribution < -0.4 is 0 Å². The highest BCUT2D eigenvalue weighted by molar-refractivity contribution is 6.34. The monoisotopic (exact) mass is 198 g/mol. The third kappa shape index (κ3) is 2.87. The molecule has 0 saturated heterocycles. The summed E-state index contributed by atoms with van der Waals surface area (Å²) >= 11 is 0. The third-order valence-electron chi connectivity index (χ3n) is 0.655. The molecule has 12 heavy (non-hydrogen) atoms. The average Bonchev–Trinajstić information content (AvgIpc) is 1.84. The summed E-state index contributed by atoms with van der Waals surface area (Å²) in [6.45, 7) is 0. The van der Waals surface area contributed by atoms with Gasteiger partial charge in [0.05, 0.1) is 0 Å². The van der Waals surface area contributed by atoms with Crippen molar-refractivity contribution < 1.29 is 41.0 Å². The Bertz CT molecular complexity index is 146. The van der Waals surface area contributed by atoms with Crippen molar-refractivity contribution in [1.29, 1.82) is 0 Å². The minimum absolute atomic E-state index is 2.13. The zero-order valence-electron chi connectivity index (χ0n) is 5.11. The van der Waals surface area contributed by atoms with Crippen LogP contribution in [0.15, 0.2) is 0 Å². The van der Waals surface area contributed by atoms with Gasteiger partial charge in [-0.3, -0.25) is 0 Å². The molecule has 0 bridgehead atoms. The Labute approximate surface area is 61.9 Å². The first-order chi connectivity index (χ1) is 5.20. The maximum Gasteiger partial charge on any atom is 0.674 e. The number of hydrogen-bond donors (Lipinski definition) is 1. The van der Waals surface area contributed by atoms with Crippen LogP contribution in [0.3, 0.4) is 0 Å². The molecule has 0 aromatic heterocycles. The molecule has 0 amide bonds. The second-order valence-corrected chi connectivity index (χ2v) is 1.53. The summed E-state index contributed by atoms with van der Waals surface area (Å²) < 4.78 is 69.9. The lowest BCUT2D eigenvalue weighted by Crippen LogP contribution is -2.44. The summed E-state index contributed by atoms with van der Waals surface area (Å²) in [6.07, 6.45) is -11.7. The van der Waals surface area contributed by atoms with Crippen molar-refractivity contribution in [2.24, 2.45) is 0 Å². The van der Waals surface area contributed by atoms with Crippen LogP contribution in [0.1, 0.15) is 0 Å². The van der Waals surface area contributed by atoms with Gasteiger partial charge in [0.1, 0.15) is 0 Å². The van der Waals surface area contributed by atoms with E-state index in [1.807, 2.05) is 0 Å². The molecule has 0 aliphatic rings. The molecule has 0 aliphatic heterocycles. The third-order valence-corrected chi connectivity index (χ3v) is 0.655. The van der Waals surface area contributed by atoms with E-state index in [1.54, 1.807) is 0 Å². The quantitative estimate of drug-likeness (QED) is 0.543. The summed E-state index contributed by atoms with van der Waals surface area (Å²) in [4.78, 5) is 2.13. The van der Waals surface area contributed by atoms with Crippen LogP contribution in [0.4, 0.5) is 26.5 Å². The molecule has 0 atom stereocenters. The second-order valence-electron chi connectivity index (χ2n) is 1.53. The van der Waals surface area contributed by atoms with Gasteiger partial charge in [-0.15, -0.1) is 0 Å². The first-order valence-corrected chi connectivity index (χ1v) is 2.28. The molecule has 0 aromatic carbocycles. The van der Waals surface area contributed by atoms with Crippen LogP contribution in [0.2, 0.25) is 0 Å². The van der Waals surface area contributed by atoms with Gasteiger partial charge in [-0.25, -0.2) is 0 Å². The van der Waals surface area contributed by atoms with E-state index in [9.17, 15) is 26.5 Å². The fraction of sp³-hybridized carbons (Fsp3) is 1.00. The van der Waals surface area contributed by atoms with E-state index in [4.69, 9.17) is 5.02 Å². The lowest BCUT2D eigenvalue weighted by atomic mass is 10.2. The fourth-order valence-corrected chi connectivity index (χ4v) is 0.212. The molecule has 10 heteroatoms. The largest absolute Gasteiger partial charge is 0.674 e. The van der Waals surface area contributed by atoms with Crippen molar-refractivity contribution in [1.82, 2.24) is 0 Å². The van der Waals surface area contributed by atoms with Gasteiger partial charge in [-0.1, -0.05) is 4.53 Å². The van der Waals surface area contributed by atoms with Gasteiger partial charge in [-0.05, 0) is 0 Å². The normalized spacial score (nSPS) is 13.2. The molecule has 0 rings (SSSR count). The molecule has 0 spiro atoms. The lowest BCUT2D eigenvalue weighted by Gasteiger charge is -2.18. The highest BCUT2D eigenvalue weighted by Gasteiger charge is 2.61. The minimum atomic E-state index is -6.04. The summed E-state index contributed by atoms with van der Waals surface area (Å²) in [5, 5.41) is 7.76. The molecular weight excluding hydrogens is 197 g/mol. The Morgan fingerprint density at radius 3 is 1.75 bits per heavy atom. The van der Waals surface area contributed by atoms with Gasteiger partial charge in [0.15, 0.2) is 0 Å². The number of hydrogen-bond acceptors (Lipinski definition) is 3. The molecule has 0 unspecified atom stereocenters. The maximum absolute atomic E-state index is 11.6. The van der Waals surface area contributed by atoms with E-state index in [0.29, 0.717) is 0 Å². The Morgan fingerprint density at radius 1 is 1.08 bits per heavy atom. The van der Waals surface area contributed by atoms with Crippen molar-refractivity contribution in [2.45, 2.75) is 12.3 Å². The molecule has 0 radical (unpaired) electrons. The van der Waals surface area contributed by atoms with Gasteiger partial charge in [-0.2, -0.15) is 26.8 Å². The van der Waals surface area contributed by atoms with E-state index in [1.165, 1.54) is 0 Å². The summed E-state index contributed by atoms with van der Waals surface area (Å²) in [5.74, 6) is 0. The van der Waals surface area contributed by atoms with E-state index >= 15 is 0 Å². The Balaban J connectivity index is 4.22. The van der Waals surface area contributed by atoms with Crippen molar-refractivity contribution in [3.63, 3.8) is 0 Å². The number of alkyl halides is 5. The second kappa shape index (κ2) is 3.50. The molecule has 0 heterocycles. The zero-order chi connectivity index (χ0) is 9.99. The molecule has 0 aromatic rings. The standard InChI is InChI=1S/C2HBF6O3/c4-1(5,6)2(7,8)11-3(10)12-9/h10H.